The zero-order valence-corrected chi connectivity index (χ0v) is 20.9. The number of hydrogen-bond acceptors (Lipinski definition) is 4. The van der Waals surface area contributed by atoms with Crippen molar-refractivity contribution < 1.29 is 32.7 Å². The molecule has 3 rings (SSSR count). The van der Waals surface area contributed by atoms with Gasteiger partial charge in [0.2, 0.25) is 0 Å². The molecule has 0 spiro atoms. The molecular weight excluding hydrogens is 505 g/mol. The van der Waals surface area contributed by atoms with Crippen LogP contribution in [0.2, 0.25) is 0 Å². The number of carbonyl (C=O) groups excluding carboxylic acids is 2. The Morgan fingerprint density at radius 1 is 0.919 bits per heavy atom. The van der Waals surface area contributed by atoms with Crippen LogP contribution in [0.5, 0.6) is 0 Å². The minimum atomic E-state index is -4.71. The maximum Gasteiger partial charge on any atom is 0.417 e. The van der Waals surface area contributed by atoms with Crippen molar-refractivity contribution in [2.24, 2.45) is 0 Å². The lowest BCUT2D eigenvalue weighted by Crippen LogP contribution is -2.41. The van der Waals surface area contributed by atoms with E-state index in [1.54, 1.807) is 18.2 Å². The van der Waals surface area contributed by atoms with E-state index in [9.17, 15) is 32.7 Å². The first-order valence-electron chi connectivity index (χ1n) is 11.2. The Balaban J connectivity index is 2.00. The van der Waals surface area contributed by atoms with Gasteiger partial charge in [-0.2, -0.15) is 24.9 Å². The quantitative estimate of drug-likeness (QED) is 0.322. The second-order valence-electron chi connectivity index (χ2n) is 8.22. The van der Waals surface area contributed by atoms with E-state index in [0.717, 1.165) is 17.7 Å². The second kappa shape index (κ2) is 12.0. The van der Waals surface area contributed by atoms with E-state index in [1.165, 1.54) is 42.1 Å². The standard InChI is InChI=1S/C27H25F3N2O4S/c1-16-7-3-4-8-18(16)21-15-17(31-25(34)20-9-5-6-10-22(20)27(28,29)30)11-12-19(21)24(33)32-23(26(35)36)13-14-37-2/h3-12,15,23H,13-14H2,1-2H3,(H,31,34)(H,32,33)(H,35,36)/t23-/m0/s1. The van der Waals surface area contributed by atoms with Crippen molar-refractivity contribution >= 4 is 35.2 Å². The second-order valence-corrected chi connectivity index (χ2v) is 9.20. The molecule has 0 aromatic heterocycles. The van der Waals surface area contributed by atoms with Crippen LogP contribution in [0.25, 0.3) is 11.1 Å². The number of anilines is 1. The lowest BCUT2D eigenvalue weighted by Gasteiger charge is -2.18. The maximum absolute atomic E-state index is 13.4. The van der Waals surface area contributed by atoms with Gasteiger partial charge in [0.05, 0.1) is 11.1 Å². The van der Waals surface area contributed by atoms with Gasteiger partial charge in [0.15, 0.2) is 0 Å². The number of aliphatic carboxylic acids is 1. The van der Waals surface area contributed by atoms with E-state index in [2.05, 4.69) is 10.6 Å². The number of amides is 2. The SMILES string of the molecule is CSCC[C@H](NC(=O)c1ccc(NC(=O)c2ccccc2C(F)(F)F)cc1-c1ccccc1C)C(=O)O. The topological polar surface area (TPSA) is 95.5 Å². The van der Waals surface area contributed by atoms with Gasteiger partial charge in [0.25, 0.3) is 11.8 Å². The number of aryl methyl sites for hydroxylation is 1. The van der Waals surface area contributed by atoms with Gasteiger partial charge in [-0.15, -0.1) is 0 Å². The normalized spacial score (nSPS) is 12.0. The summed E-state index contributed by atoms with van der Waals surface area (Å²) in [6, 6.07) is 14.8. The number of alkyl halides is 3. The van der Waals surface area contributed by atoms with E-state index in [0.29, 0.717) is 16.9 Å². The molecule has 0 aliphatic carbocycles. The van der Waals surface area contributed by atoms with Gasteiger partial charge < -0.3 is 15.7 Å². The first-order chi connectivity index (χ1) is 17.5. The van der Waals surface area contributed by atoms with Gasteiger partial charge in [-0.05, 0) is 72.4 Å². The molecule has 6 nitrogen and oxygen atoms in total. The number of carboxylic acids is 1. The van der Waals surface area contributed by atoms with Crippen molar-refractivity contribution in [3.63, 3.8) is 0 Å². The highest BCUT2D eigenvalue weighted by atomic mass is 32.2. The fourth-order valence-corrected chi connectivity index (χ4v) is 4.25. The highest BCUT2D eigenvalue weighted by Gasteiger charge is 2.35. The van der Waals surface area contributed by atoms with Crippen molar-refractivity contribution in [1.82, 2.24) is 5.32 Å². The van der Waals surface area contributed by atoms with E-state index >= 15 is 0 Å². The van der Waals surface area contributed by atoms with Crippen molar-refractivity contribution in [2.45, 2.75) is 25.6 Å². The van der Waals surface area contributed by atoms with E-state index in [-0.39, 0.29) is 17.7 Å². The summed E-state index contributed by atoms with van der Waals surface area (Å²) in [4.78, 5) is 37.6. The predicted octanol–water partition coefficient (Wildman–Crippen LogP) is 5.87. The summed E-state index contributed by atoms with van der Waals surface area (Å²) < 4.78 is 40.2. The van der Waals surface area contributed by atoms with Crippen molar-refractivity contribution in [2.75, 3.05) is 17.3 Å². The van der Waals surface area contributed by atoms with E-state index < -0.39 is 41.1 Å². The predicted molar refractivity (Wildman–Crippen MR) is 138 cm³/mol. The molecule has 194 valence electrons. The zero-order valence-electron chi connectivity index (χ0n) is 20.1. The molecule has 3 aromatic carbocycles. The van der Waals surface area contributed by atoms with E-state index in [1.807, 2.05) is 19.2 Å². The monoisotopic (exact) mass is 530 g/mol. The number of nitrogens with one attached hydrogen (secondary N) is 2. The Morgan fingerprint density at radius 3 is 2.24 bits per heavy atom. The van der Waals surface area contributed by atoms with Crippen molar-refractivity contribution in [3.05, 3.63) is 89.0 Å². The van der Waals surface area contributed by atoms with Gasteiger partial charge in [0.1, 0.15) is 6.04 Å². The molecule has 0 saturated carbocycles. The van der Waals surface area contributed by atoms with Crippen LogP contribution in [-0.4, -0.2) is 40.9 Å². The fourth-order valence-electron chi connectivity index (χ4n) is 3.77. The summed E-state index contributed by atoms with van der Waals surface area (Å²) in [5.74, 6) is -2.20. The molecule has 2 amide bonds. The number of carboxylic acid groups (broad SMARTS) is 1. The lowest BCUT2D eigenvalue weighted by molar-refractivity contribution is -0.139. The van der Waals surface area contributed by atoms with Crippen LogP contribution in [0, 0.1) is 6.92 Å². The molecule has 0 aliphatic heterocycles. The van der Waals surface area contributed by atoms with Crippen LogP contribution in [-0.2, 0) is 11.0 Å². The summed E-state index contributed by atoms with van der Waals surface area (Å²) in [7, 11) is 0. The van der Waals surface area contributed by atoms with Crippen LogP contribution >= 0.6 is 11.8 Å². The molecule has 0 bridgehead atoms. The number of carbonyl (C=O) groups is 3. The summed E-state index contributed by atoms with van der Waals surface area (Å²) in [5.41, 5.74) is 0.592. The Kier molecular flexibility index (Phi) is 8.99. The molecular formula is C27H25F3N2O4S. The molecule has 0 aliphatic rings. The van der Waals surface area contributed by atoms with Crippen LogP contribution in [0.1, 0.15) is 38.3 Å². The Labute approximate surface area is 216 Å². The van der Waals surface area contributed by atoms with Gasteiger partial charge in [-0.3, -0.25) is 9.59 Å². The number of benzene rings is 3. The first-order valence-corrected chi connectivity index (χ1v) is 12.6. The van der Waals surface area contributed by atoms with Crippen molar-refractivity contribution in [1.29, 1.82) is 0 Å². The van der Waals surface area contributed by atoms with Crippen LogP contribution in [0.3, 0.4) is 0 Å². The van der Waals surface area contributed by atoms with Crippen LogP contribution in [0.4, 0.5) is 18.9 Å². The molecule has 37 heavy (non-hydrogen) atoms. The number of thioether (sulfide) groups is 1. The highest BCUT2D eigenvalue weighted by Crippen LogP contribution is 2.33. The minimum Gasteiger partial charge on any atom is -0.480 e. The molecule has 0 heterocycles. The smallest absolute Gasteiger partial charge is 0.417 e. The number of hydrogen-bond donors (Lipinski definition) is 3. The summed E-state index contributed by atoms with van der Waals surface area (Å²) in [6.45, 7) is 1.82. The van der Waals surface area contributed by atoms with Crippen molar-refractivity contribution in [3.8, 4) is 11.1 Å². The third kappa shape index (κ3) is 6.91. The Hall–Kier alpha value is -3.79. The number of halogens is 3. The molecule has 0 fully saturated rings. The highest BCUT2D eigenvalue weighted by molar-refractivity contribution is 7.98. The fraction of sp³-hybridized carbons (Fsp3) is 0.222. The average molecular weight is 531 g/mol. The molecule has 0 unspecified atom stereocenters. The molecule has 0 saturated heterocycles. The van der Waals surface area contributed by atoms with Gasteiger partial charge in [0, 0.05) is 11.3 Å². The summed E-state index contributed by atoms with van der Waals surface area (Å²) >= 11 is 1.46. The van der Waals surface area contributed by atoms with Gasteiger partial charge in [-0.1, -0.05) is 36.4 Å². The largest absolute Gasteiger partial charge is 0.480 e. The van der Waals surface area contributed by atoms with E-state index in [4.69, 9.17) is 0 Å². The van der Waals surface area contributed by atoms with Crippen LogP contribution in [0.15, 0.2) is 66.7 Å². The zero-order chi connectivity index (χ0) is 27.2. The Morgan fingerprint density at radius 2 is 1.59 bits per heavy atom. The van der Waals surface area contributed by atoms with Gasteiger partial charge in [-0.25, -0.2) is 4.79 Å². The summed E-state index contributed by atoms with van der Waals surface area (Å²) in [6.07, 6.45) is -2.65. The van der Waals surface area contributed by atoms with Gasteiger partial charge >= 0.3 is 12.1 Å². The third-order valence-corrected chi connectivity index (χ3v) is 6.29. The molecule has 0 radical (unpaired) electrons. The third-order valence-electron chi connectivity index (χ3n) is 5.65. The Bertz CT molecular complexity index is 1310. The first kappa shape index (κ1) is 27.8. The number of rotatable bonds is 9. The average Bonchev–Trinajstić information content (AvgIpc) is 2.86. The molecule has 10 heteroatoms. The molecule has 3 aromatic rings. The molecule has 3 N–H and O–H groups in total. The summed E-state index contributed by atoms with van der Waals surface area (Å²) in [5, 5.41) is 14.5. The minimum absolute atomic E-state index is 0.165. The molecule has 1 atom stereocenters. The van der Waals surface area contributed by atoms with Crippen LogP contribution < -0.4 is 10.6 Å². The lowest BCUT2D eigenvalue weighted by atomic mass is 9.94. The maximum atomic E-state index is 13.4.